The van der Waals surface area contributed by atoms with Crippen molar-refractivity contribution in [2.75, 3.05) is 30.9 Å². The Hall–Kier alpha value is -2.82. The van der Waals surface area contributed by atoms with Gasteiger partial charge in [0.05, 0.1) is 6.54 Å². The van der Waals surface area contributed by atoms with E-state index < -0.39 is 0 Å². The molecule has 2 rings (SSSR count). The molecule has 22 heavy (non-hydrogen) atoms. The van der Waals surface area contributed by atoms with Crippen molar-refractivity contribution in [1.29, 1.82) is 0 Å². The maximum absolute atomic E-state index is 12.5. The Morgan fingerprint density at radius 2 is 1.77 bits per heavy atom. The highest BCUT2D eigenvalue weighted by molar-refractivity contribution is 6.06. The highest BCUT2D eigenvalue weighted by Gasteiger charge is 2.13. The zero-order valence-corrected chi connectivity index (χ0v) is 12.7. The zero-order valence-electron chi connectivity index (χ0n) is 12.7. The molecule has 0 atom stereocenters. The predicted molar refractivity (Wildman–Crippen MR) is 88.2 cm³/mol. The number of para-hydroxylation sites is 1. The summed E-state index contributed by atoms with van der Waals surface area (Å²) in [6.07, 6.45) is 0. The number of hydrogen-bond donors (Lipinski definition) is 2. The largest absolute Gasteiger partial charge is 0.376 e. The van der Waals surface area contributed by atoms with Crippen LogP contribution in [0.15, 0.2) is 54.6 Å². The number of nitrogens with zero attached hydrogens (tertiary/aromatic N) is 1. The van der Waals surface area contributed by atoms with Crippen LogP contribution in [0.25, 0.3) is 0 Å². The molecule has 0 radical (unpaired) electrons. The van der Waals surface area contributed by atoms with Gasteiger partial charge in [-0.05, 0) is 30.3 Å². The van der Waals surface area contributed by atoms with Gasteiger partial charge in [0.2, 0.25) is 5.91 Å². The normalized spacial score (nSPS) is 9.91. The Kier molecular flexibility index (Phi) is 5.14. The van der Waals surface area contributed by atoms with E-state index in [9.17, 15) is 9.59 Å². The van der Waals surface area contributed by atoms with Crippen LogP contribution >= 0.6 is 0 Å². The fourth-order valence-electron chi connectivity index (χ4n) is 2.00. The second-order valence-electron chi connectivity index (χ2n) is 4.81. The van der Waals surface area contributed by atoms with Crippen molar-refractivity contribution in [2.45, 2.75) is 0 Å². The van der Waals surface area contributed by atoms with Crippen LogP contribution in [0, 0.1) is 0 Å². The molecule has 2 N–H and O–H groups in total. The number of rotatable bonds is 5. The number of benzene rings is 2. The molecule has 0 heterocycles. The smallest absolute Gasteiger partial charge is 0.258 e. The SMILES string of the molecule is CNC(=O)CNc1cccc(C(=O)N(C)c2ccccc2)c1. The first-order valence-electron chi connectivity index (χ1n) is 6.99. The van der Waals surface area contributed by atoms with Crippen molar-refractivity contribution in [3.63, 3.8) is 0 Å². The van der Waals surface area contributed by atoms with Gasteiger partial charge >= 0.3 is 0 Å². The van der Waals surface area contributed by atoms with Crippen LogP contribution < -0.4 is 15.5 Å². The van der Waals surface area contributed by atoms with Crippen molar-refractivity contribution in [3.05, 3.63) is 60.2 Å². The van der Waals surface area contributed by atoms with Gasteiger partial charge in [-0.25, -0.2) is 0 Å². The van der Waals surface area contributed by atoms with Gasteiger partial charge in [-0.3, -0.25) is 9.59 Å². The van der Waals surface area contributed by atoms with Gasteiger partial charge in [0.25, 0.3) is 5.91 Å². The highest BCUT2D eigenvalue weighted by Crippen LogP contribution is 2.17. The first kappa shape index (κ1) is 15.6. The maximum Gasteiger partial charge on any atom is 0.258 e. The van der Waals surface area contributed by atoms with Crippen molar-refractivity contribution < 1.29 is 9.59 Å². The quantitative estimate of drug-likeness (QED) is 0.888. The third-order valence-electron chi connectivity index (χ3n) is 3.29. The van der Waals surface area contributed by atoms with E-state index in [1.54, 1.807) is 37.2 Å². The van der Waals surface area contributed by atoms with E-state index in [1.165, 1.54) is 0 Å². The maximum atomic E-state index is 12.5. The summed E-state index contributed by atoms with van der Waals surface area (Å²) in [5, 5.41) is 5.52. The van der Waals surface area contributed by atoms with Crippen LogP contribution in [0.1, 0.15) is 10.4 Å². The molecule has 2 aromatic carbocycles. The zero-order chi connectivity index (χ0) is 15.9. The van der Waals surface area contributed by atoms with Crippen molar-refractivity contribution in [2.24, 2.45) is 0 Å². The molecular formula is C17H19N3O2. The molecule has 0 bridgehead atoms. The minimum absolute atomic E-state index is 0.102. The van der Waals surface area contributed by atoms with Gasteiger partial charge < -0.3 is 15.5 Å². The lowest BCUT2D eigenvalue weighted by atomic mass is 10.1. The molecular weight excluding hydrogens is 278 g/mol. The molecule has 0 saturated carbocycles. The van der Waals surface area contributed by atoms with Crippen LogP contribution in [0.5, 0.6) is 0 Å². The average Bonchev–Trinajstić information content (AvgIpc) is 2.59. The first-order valence-corrected chi connectivity index (χ1v) is 6.99. The molecule has 0 fully saturated rings. The number of anilines is 2. The molecule has 2 aromatic rings. The standard InChI is InChI=1S/C17H19N3O2/c1-18-16(21)12-19-14-8-6-7-13(11-14)17(22)20(2)15-9-4-3-5-10-15/h3-11,19H,12H2,1-2H3,(H,18,21). The lowest BCUT2D eigenvalue weighted by Gasteiger charge is -2.17. The number of carbonyl (C=O) groups is 2. The van der Waals surface area contributed by atoms with Gasteiger partial charge in [-0.15, -0.1) is 0 Å². The molecule has 5 nitrogen and oxygen atoms in total. The topological polar surface area (TPSA) is 61.4 Å². The summed E-state index contributed by atoms with van der Waals surface area (Å²) in [7, 11) is 3.32. The van der Waals surface area contributed by atoms with E-state index in [0.717, 1.165) is 11.4 Å². The number of likely N-dealkylation sites (N-methyl/N-ethyl adjacent to an activating group) is 1. The van der Waals surface area contributed by atoms with E-state index in [1.807, 2.05) is 36.4 Å². The molecule has 0 aliphatic heterocycles. The number of hydrogen-bond acceptors (Lipinski definition) is 3. The Bertz CT molecular complexity index is 656. The van der Waals surface area contributed by atoms with Crippen LogP contribution in [-0.2, 0) is 4.79 Å². The van der Waals surface area contributed by atoms with Gasteiger partial charge in [0, 0.05) is 31.0 Å². The van der Waals surface area contributed by atoms with Gasteiger partial charge in [0.15, 0.2) is 0 Å². The molecule has 0 aliphatic carbocycles. The Morgan fingerprint density at radius 1 is 1.05 bits per heavy atom. The lowest BCUT2D eigenvalue weighted by molar-refractivity contribution is -0.118. The van der Waals surface area contributed by atoms with E-state index in [4.69, 9.17) is 0 Å². The summed E-state index contributed by atoms with van der Waals surface area (Å²) >= 11 is 0. The van der Waals surface area contributed by atoms with E-state index in [2.05, 4.69) is 10.6 Å². The molecule has 0 unspecified atom stereocenters. The molecule has 0 spiro atoms. The lowest BCUT2D eigenvalue weighted by Crippen LogP contribution is -2.27. The minimum atomic E-state index is -0.113. The average molecular weight is 297 g/mol. The van der Waals surface area contributed by atoms with Gasteiger partial charge in [-0.2, -0.15) is 0 Å². The van der Waals surface area contributed by atoms with Crippen LogP contribution in [0.4, 0.5) is 11.4 Å². The van der Waals surface area contributed by atoms with E-state index in [0.29, 0.717) is 5.56 Å². The number of amides is 2. The molecule has 0 aliphatic rings. The first-order chi connectivity index (χ1) is 10.6. The van der Waals surface area contributed by atoms with Crippen molar-refractivity contribution >= 4 is 23.2 Å². The molecule has 0 aromatic heterocycles. The third kappa shape index (κ3) is 3.85. The predicted octanol–water partition coefficient (Wildman–Crippen LogP) is 2.12. The third-order valence-corrected chi connectivity index (χ3v) is 3.29. The Balaban J connectivity index is 2.11. The second kappa shape index (κ2) is 7.26. The van der Waals surface area contributed by atoms with Crippen molar-refractivity contribution in [3.8, 4) is 0 Å². The highest BCUT2D eigenvalue weighted by atomic mass is 16.2. The Labute approximate surface area is 129 Å². The summed E-state index contributed by atoms with van der Waals surface area (Å²) in [6.45, 7) is 0.169. The molecule has 5 heteroatoms. The molecule has 2 amide bonds. The molecule has 114 valence electrons. The Morgan fingerprint density at radius 3 is 2.45 bits per heavy atom. The van der Waals surface area contributed by atoms with Gasteiger partial charge in [0.1, 0.15) is 0 Å². The van der Waals surface area contributed by atoms with Crippen LogP contribution in [0.2, 0.25) is 0 Å². The fourth-order valence-corrected chi connectivity index (χ4v) is 2.00. The summed E-state index contributed by atoms with van der Waals surface area (Å²) < 4.78 is 0. The summed E-state index contributed by atoms with van der Waals surface area (Å²) in [5.41, 5.74) is 2.13. The summed E-state index contributed by atoms with van der Waals surface area (Å²) in [5.74, 6) is -0.215. The van der Waals surface area contributed by atoms with Crippen molar-refractivity contribution in [1.82, 2.24) is 5.32 Å². The number of nitrogens with one attached hydrogen (secondary N) is 2. The summed E-state index contributed by atoms with van der Waals surface area (Å²) in [6, 6.07) is 16.6. The number of carbonyl (C=O) groups excluding carboxylic acids is 2. The van der Waals surface area contributed by atoms with E-state index >= 15 is 0 Å². The fraction of sp³-hybridized carbons (Fsp3) is 0.176. The molecule has 0 saturated heterocycles. The van der Waals surface area contributed by atoms with Crippen LogP contribution in [0.3, 0.4) is 0 Å². The van der Waals surface area contributed by atoms with Gasteiger partial charge in [-0.1, -0.05) is 24.3 Å². The summed E-state index contributed by atoms with van der Waals surface area (Å²) in [4.78, 5) is 25.4. The minimum Gasteiger partial charge on any atom is -0.376 e. The second-order valence-corrected chi connectivity index (χ2v) is 4.81. The monoisotopic (exact) mass is 297 g/mol. The van der Waals surface area contributed by atoms with E-state index in [-0.39, 0.29) is 18.4 Å². The van der Waals surface area contributed by atoms with Crippen LogP contribution in [-0.4, -0.2) is 32.5 Å².